The summed E-state index contributed by atoms with van der Waals surface area (Å²) in [6.07, 6.45) is 9.30. The highest BCUT2D eigenvalue weighted by molar-refractivity contribution is 7.98. The minimum absolute atomic E-state index is 1.03. The molecule has 0 saturated heterocycles. The normalized spacial score (nSPS) is 10.9. The van der Waals surface area contributed by atoms with E-state index in [1.165, 1.54) is 41.5 Å². The first kappa shape index (κ1) is 13.7. The summed E-state index contributed by atoms with van der Waals surface area (Å²) in [6.45, 7) is 1.03. The van der Waals surface area contributed by atoms with Gasteiger partial charge in [-0.2, -0.15) is 11.8 Å². The molecule has 0 bridgehead atoms. The Bertz CT molecular complexity index is 468. The van der Waals surface area contributed by atoms with E-state index in [-0.39, 0.29) is 0 Å². The van der Waals surface area contributed by atoms with E-state index in [1.807, 2.05) is 18.0 Å². The topological polar surface area (TPSA) is 24.9 Å². The Morgan fingerprint density at radius 1 is 1.22 bits per heavy atom. The lowest BCUT2D eigenvalue weighted by atomic mass is 10.2. The van der Waals surface area contributed by atoms with Crippen LogP contribution in [0.4, 0.5) is 5.82 Å². The monoisotopic (exact) mass is 280 g/mol. The Morgan fingerprint density at radius 3 is 3.00 bits per heavy atom. The Labute approximate surface area is 117 Å². The fourth-order valence-electron chi connectivity index (χ4n) is 1.97. The highest BCUT2D eigenvalue weighted by Crippen LogP contribution is 2.25. The van der Waals surface area contributed by atoms with E-state index < -0.39 is 0 Å². The second-order valence-electron chi connectivity index (χ2n) is 4.33. The zero-order valence-corrected chi connectivity index (χ0v) is 12.4. The largest absolute Gasteiger partial charge is 0.370 e. The average Bonchev–Trinajstić information content (AvgIpc) is 2.86. The lowest BCUT2D eigenvalue weighted by Gasteiger charge is -2.06. The van der Waals surface area contributed by atoms with Gasteiger partial charge in [0.2, 0.25) is 0 Å². The maximum atomic E-state index is 4.42. The third kappa shape index (κ3) is 3.89. The maximum Gasteiger partial charge on any atom is 0.134 e. The summed E-state index contributed by atoms with van der Waals surface area (Å²) in [4.78, 5) is 4.42. The van der Waals surface area contributed by atoms with Crippen molar-refractivity contribution in [1.29, 1.82) is 0 Å². The van der Waals surface area contributed by atoms with Gasteiger partial charge in [0.15, 0.2) is 0 Å². The lowest BCUT2D eigenvalue weighted by Crippen LogP contribution is -2.03. The van der Waals surface area contributed by atoms with Crippen LogP contribution in [0.2, 0.25) is 0 Å². The molecule has 0 saturated carbocycles. The van der Waals surface area contributed by atoms with E-state index in [2.05, 4.69) is 34.1 Å². The summed E-state index contributed by atoms with van der Waals surface area (Å²) in [5.41, 5.74) is 0. The second kappa shape index (κ2) is 7.64. The van der Waals surface area contributed by atoms with Crippen molar-refractivity contribution in [2.75, 3.05) is 23.9 Å². The Hall–Kier alpha value is -0.740. The zero-order valence-electron chi connectivity index (χ0n) is 10.8. The van der Waals surface area contributed by atoms with Crippen LogP contribution in [-0.2, 0) is 0 Å². The number of anilines is 1. The molecule has 0 unspecified atom stereocenters. The molecule has 98 valence electrons. The Morgan fingerprint density at radius 2 is 2.11 bits per heavy atom. The fourth-order valence-corrected chi connectivity index (χ4v) is 3.24. The quantitative estimate of drug-likeness (QED) is 0.714. The van der Waals surface area contributed by atoms with Gasteiger partial charge in [0.1, 0.15) is 5.82 Å². The number of nitrogens with zero attached hydrogens (tertiary/aromatic N) is 1. The number of aromatic nitrogens is 1. The number of fused-ring (bicyclic) bond motifs is 1. The third-order valence-corrected chi connectivity index (χ3v) is 4.53. The van der Waals surface area contributed by atoms with E-state index >= 15 is 0 Å². The number of hydrogen-bond donors (Lipinski definition) is 1. The molecule has 0 atom stereocenters. The number of hydrogen-bond acceptors (Lipinski definition) is 4. The molecule has 0 amide bonds. The molecule has 0 aliphatic carbocycles. The molecule has 18 heavy (non-hydrogen) atoms. The molecule has 4 heteroatoms. The minimum Gasteiger partial charge on any atom is -0.370 e. The van der Waals surface area contributed by atoms with Gasteiger partial charge in [-0.05, 0) is 42.4 Å². The Kier molecular flexibility index (Phi) is 5.81. The van der Waals surface area contributed by atoms with Crippen LogP contribution < -0.4 is 5.32 Å². The van der Waals surface area contributed by atoms with Crippen molar-refractivity contribution in [3.05, 3.63) is 23.7 Å². The summed E-state index contributed by atoms with van der Waals surface area (Å²) in [7, 11) is 0. The van der Waals surface area contributed by atoms with Crippen LogP contribution >= 0.6 is 23.1 Å². The molecule has 0 spiro atoms. The van der Waals surface area contributed by atoms with Crippen molar-refractivity contribution < 1.29 is 0 Å². The first-order valence-corrected chi connectivity index (χ1v) is 8.74. The third-order valence-electron chi connectivity index (χ3n) is 2.95. The van der Waals surface area contributed by atoms with Crippen molar-refractivity contribution in [3.63, 3.8) is 0 Å². The number of pyridine rings is 1. The van der Waals surface area contributed by atoms with Crippen LogP contribution in [0.1, 0.15) is 25.7 Å². The SMILES string of the molecule is CSCCCCCCNc1nccc2sccc12. The molecule has 0 aliphatic heterocycles. The van der Waals surface area contributed by atoms with Gasteiger partial charge in [-0.25, -0.2) is 4.98 Å². The molecule has 0 radical (unpaired) electrons. The molecule has 2 nitrogen and oxygen atoms in total. The highest BCUT2D eigenvalue weighted by Gasteiger charge is 2.01. The smallest absolute Gasteiger partial charge is 0.134 e. The number of nitrogens with one attached hydrogen (secondary N) is 1. The van der Waals surface area contributed by atoms with Gasteiger partial charge >= 0.3 is 0 Å². The zero-order chi connectivity index (χ0) is 12.6. The van der Waals surface area contributed by atoms with Crippen molar-refractivity contribution in [3.8, 4) is 0 Å². The van der Waals surface area contributed by atoms with Crippen molar-refractivity contribution in [1.82, 2.24) is 4.98 Å². The van der Waals surface area contributed by atoms with Crippen molar-refractivity contribution in [2.45, 2.75) is 25.7 Å². The van der Waals surface area contributed by atoms with Crippen LogP contribution in [-0.4, -0.2) is 23.5 Å². The predicted octanol–water partition coefficient (Wildman–Crippen LogP) is 4.63. The standard InChI is InChI=1S/C14H20N2S2/c1-17-10-5-3-2-4-8-15-14-12-7-11-18-13(12)6-9-16-14/h6-7,9,11H,2-5,8,10H2,1H3,(H,15,16). The molecular formula is C14H20N2S2. The fraction of sp³-hybridized carbons (Fsp3) is 0.500. The van der Waals surface area contributed by atoms with Crippen molar-refractivity contribution >= 4 is 39.0 Å². The van der Waals surface area contributed by atoms with E-state index in [9.17, 15) is 0 Å². The van der Waals surface area contributed by atoms with Crippen LogP contribution in [0.15, 0.2) is 23.7 Å². The van der Waals surface area contributed by atoms with Gasteiger partial charge in [-0.1, -0.05) is 12.8 Å². The number of rotatable bonds is 8. The number of thioether (sulfide) groups is 1. The van der Waals surface area contributed by atoms with E-state index in [4.69, 9.17) is 0 Å². The van der Waals surface area contributed by atoms with Gasteiger partial charge in [0.25, 0.3) is 0 Å². The number of thiophene rings is 1. The number of unbranched alkanes of at least 4 members (excludes halogenated alkanes) is 3. The first-order valence-electron chi connectivity index (χ1n) is 6.47. The summed E-state index contributed by atoms with van der Waals surface area (Å²) >= 11 is 3.71. The van der Waals surface area contributed by atoms with Crippen LogP contribution in [0.25, 0.3) is 10.1 Å². The summed E-state index contributed by atoms with van der Waals surface area (Å²) < 4.78 is 1.31. The maximum absolute atomic E-state index is 4.42. The van der Waals surface area contributed by atoms with Gasteiger partial charge in [0, 0.05) is 22.8 Å². The van der Waals surface area contributed by atoms with Crippen LogP contribution in [0.5, 0.6) is 0 Å². The molecule has 0 fully saturated rings. The predicted molar refractivity (Wildman–Crippen MR) is 85.0 cm³/mol. The van der Waals surface area contributed by atoms with E-state index in [1.54, 1.807) is 11.3 Å². The van der Waals surface area contributed by atoms with Gasteiger partial charge in [-0.15, -0.1) is 11.3 Å². The molecular weight excluding hydrogens is 260 g/mol. The van der Waals surface area contributed by atoms with Gasteiger partial charge in [0.05, 0.1) is 0 Å². The van der Waals surface area contributed by atoms with Crippen molar-refractivity contribution in [2.24, 2.45) is 0 Å². The molecule has 2 heterocycles. The second-order valence-corrected chi connectivity index (χ2v) is 6.26. The molecule has 0 aromatic carbocycles. The summed E-state index contributed by atoms with van der Waals surface area (Å²) in [5.74, 6) is 2.33. The van der Waals surface area contributed by atoms with E-state index in [0.717, 1.165) is 12.4 Å². The highest BCUT2D eigenvalue weighted by atomic mass is 32.2. The molecule has 2 aromatic heterocycles. The molecule has 2 rings (SSSR count). The molecule has 0 aliphatic rings. The van der Waals surface area contributed by atoms with Gasteiger partial charge in [-0.3, -0.25) is 0 Å². The molecule has 2 aromatic rings. The Balaban J connectivity index is 1.72. The molecule has 1 N–H and O–H groups in total. The van der Waals surface area contributed by atoms with Crippen LogP contribution in [0, 0.1) is 0 Å². The van der Waals surface area contributed by atoms with E-state index in [0.29, 0.717) is 0 Å². The summed E-state index contributed by atoms with van der Waals surface area (Å²) in [5, 5.41) is 6.83. The van der Waals surface area contributed by atoms with Gasteiger partial charge < -0.3 is 5.32 Å². The van der Waals surface area contributed by atoms with Crippen LogP contribution in [0.3, 0.4) is 0 Å². The first-order chi connectivity index (χ1) is 8.92. The summed E-state index contributed by atoms with van der Waals surface area (Å²) in [6, 6.07) is 4.22. The average molecular weight is 280 g/mol. The minimum atomic E-state index is 1.03. The lowest BCUT2D eigenvalue weighted by molar-refractivity contribution is 0.688.